The van der Waals surface area contributed by atoms with Crippen LogP contribution in [0.1, 0.15) is 5.56 Å². The fourth-order valence-electron chi connectivity index (χ4n) is 1.64. The summed E-state index contributed by atoms with van der Waals surface area (Å²) in [7, 11) is 3.22. The number of hydrogen-bond acceptors (Lipinski definition) is 4. The Morgan fingerprint density at radius 1 is 1.05 bits per heavy atom. The summed E-state index contributed by atoms with van der Waals surface area (Å²) in [5.41, 5.74) is 4.61. The summed E-state index contributed by atoms with van der Waals surface area (Å²) in [6.07, 6.45) is 1.69. The molecular formula is C15H15ClN2O2. The second-order valence-corrected chi connectivity index (χ2v) is 4.46. The first-order valence-electron chi connectivity index (χ1n) is 5.99. The lowest BCUT2D eigenvalue weighted by atomic mass is 10.2. The van der Waals surface area contributed by atoms with Gasteiger partial charge in [0, 0.05) is 16.7 Å². The van der Waals surface area contributed by atoms with E-state index in [1.54, 1.807) is 26.5 Å². The Labute approximate surface area is 123 Å². The Morgan fingerprint density at radius 3 is 2.35 bits per heavy atom. The van der Waals surface area contributed by atoms with E-state index in [1.165, 1.54) is 0 Å². The molecule has 2 rings (SSSR count). The third-order valence-corrected chi connectivity index (χ3v) is 2.84. The second-order valence-electron chi connectivity index (χ2n) is 4.03. The van der Waals surface area contributed by atoms with Crippen LogP contribution in [0.25, 0.3) is 0 Å². The number of halogens is 1. The average Bonchev–Trinajstić information content (AvgIpc) is 2.47. The topological polar surface area (TPSA) is 42.8 Å². The second kappa shape index (κ2) is 6.82. The maximum absolute atomic E-state index is 5.89. The van der Waals surface area contributed by atoms with E-state index in [1.807, 2.05) is 36.4 Å². The summed E-state index contributed by atoms with van der Waals surface area (Å²) in [5, 5.41) is 4.82. The molecule has 1 N–H and O–H groups in total. The van der Waals surface area contributed by atoms with Crippen molar-refractivity contribution < 1.29 is 9.47 Å². The van der Waals surface area contributed by atoms with Crippen molar-refractivity contribution in [1.29, 1.82) is 0 Å². The lowest BCUT2D eigenvalue weighted by Gasteiger charge is -2.05. The van der Waals surface area contributed by atoms with E-state index in [4.69, 9.17) is 21.1 Å². The quantitative estimate of drug-likeness (QED) is 0.673. The van der Waals surface area contributed by atoms with E-state index in [2.05, 4.69) is 10.5 Å². The molecule has 0 radical (unpaired) electrons. The fraction of sp³-hybridized carbons (Fsp3) is 0.133. The van der Waals surface area contributed by atoms with Crippen LogP contribution in [0.3, 0.4) is 0 Å². The van der Waals surface area contributed by atoms with Crippen LogP contribution < -0.4 is 14.9 Å². The molecule has 0 atom stereocenters. The van der Waals surface area contributed by atoms with Crippen molar-refractivity contribution in [3.8, 4) is 11.5 Å². The lowest BCUT2D eigenvalue weighted by molar-refractivity contribution is 0.394. The van der Waals surface area contributed by atoms with Gasteiger partial charge < -0.3 is 9.47 Å². The molecule has 0 saturated heterocycles. The van der Waals surface area contributed by atoms with Crippen LogP contribution in [0.5, 0.6) is 11.5 Å². The van der Waals surface area contributed by atoms with Gasteiger partial charge in [0.05, 0.1) is 26.1 Å². The van der Waals surface area contributed by atoms with Gasteiger partial charge in [-0.2, -0.15) is 5.10 Å². The molecule has 0 aliphatic carbocycles. The van der Waals surface area contributed by atoms with Gasteiger partial charge in [-0.15, -0.1) is 0 Å². The largest absolute Gasteiger partial charge is 0.497 e. The van der Waals surface area contributed by atoms with Crippen molar-refractivity contribution in [2.24, 2.45) is 5.10 Å². The number of nitrogens with zero attached hydrogens (tertiary/aromatic N) is 1. The zero-order chi connectivity index (χ0) is 14.4. The molecule has 0 fully saturated rings. The molecule has 4 nitrogen and oxygen atoms in total. The van der Waals surface area contributed by atoms with E-state index in [9.17, 15) is 0 Å². The van der Waals surface area contributed by atoms with Crippen molar-refractivity contribution in [2.45, 2.75) is 0 Å². The molecular weight excluding hydrogens is 276 g/mol. The third kappa shape index (κ3) is 3.90. The van der Waals surface area contributed by atoms with Gasteiger partial charge in [0.15, 0.2) is 0 Å². The Hall–Kier alpha value is -2.20. The van der Waals surface area contributed by atoms with E-state index in [-0.39, 0.29) is 0 Å². The SMILES string of the molecule is COc1cc(/C=N\Nc2cccc(Cl)c2)cc(OC)c1. The van der Waals surface area contributed by atoms with Gasteiger partial charge in [-0.3, -0.25) is 5.43 Å². The van der Waals surface area contributed by atoms with Gasteiger partial charge in [0.1, 0.15) is 11.5 Å². The molecule has 0 aromatic heterocycles. The molecule has 0 aliphatic rings. The number of nitrogens with one attached hydrogen (secondary N) is 1. The van der Waals surface area contributed by atoms with Crippen LogP contribution in [-0.2, 0) is 0 Å². The summed E-state index contributed by atoms with van der Waals surface area (Å²) >= 11 is 5.89. The highest BCUT2D eigenvalue weighted by Gasteiger charge is 1.99. The van der Waals surface area contributed by atoms with Crippen molar-refractivity contribution in [3.63, 3.8) is 0 Å². The van der Waals surface area contributed by atoms with Gasteiger partial charge in [-0.1, -0.05) is 17.7 Å². The monoisotopic (exact) mass is 290 g/mol. The zero-order valence-corrected chi connectivity index (χ0v) is 12.0. The number of hydrogen-bond donors (Lipinski definition) is 1. The van der Waals surface area contributed by atoms with Crippen molar-refractivity contribution in [2.75, 3.05) is 19.6 Å². The Kier molecular flexibility index (Phi) is 4.85. The van der Waals surface area contributed by atoms with Gasteiger partial charge in [-0.05, 0) is 30.3 Å². The Morgan fingerprint density at radius 2 is 1.75 bits per heavy atom. The molecule has 104 valence electrons. The molecule has 0 unspecified atom stereocenters. The maximum atomic E-state index is 5.89. The summed E-state index contributed by atoms with van der Waals surface area (Å²) < 4.78 is 10.4. The third-order valence-electron chi connectivity index (χ3n) is 2.61. The number of rotatable bonds is 5. The minimum atomic E-state index is 0.660. The number of methoxy groups -OCH3 is 2. The Bertz CT molecular complexity index is 592. The standard InChI is InChI=1S/C15H15ClN2O2/c1-19-14-6-11(7-15(9-14)20-2)10-17-18-13-5-3-4-12(16)8-13/h3-10,18H,1-2H3/b17-10-. The van der Waals surface area contributed by atoms with E-state index >= 15 is 0 Å². The maximum Gasteiger partial charge on any atom is 0.123 e. The number of ether oxygens (including phenoxy) is 2. The average molecular weight is 291 g/mol. The van der Waals surface area contributed by atoms with Crippen molar-refractivity contribution >= 4 is 23.5 Å². The molecule has 0 amide bonds. The summed E-state index contributed by atoms with van der Waals surface area (Å²) in [5.74, 6) is 1.43. The lowest BCUT2D eigenvalue weighted by Crippen LogP contribution is -1.93. The predicted octanol–water partition coefficient (Wildman–Crippen LogP) is 3.80. The van der Waals surface area contributed by atoms with Gasteiger partial charge in [-0.25, -0.2) is 0 Å². The molecule has 0 aliphatic heterocycles. The van der Waals surface area contributed by atoms with Crippen LogP contribution in [-0.4, -0.2) is 20.4 Å². The highest BCUT2D eigenvalue weighted by Crippen LogP contribution is 2.21. The number of benzene rings is 2. The first-order valence-corrected chi connectivity index (χ1v) is 6.37. The highest BCUT2D eigenvalue weighted by molar-refractivity contribution is 6.30. The number of anilines is 1. The number of hydrazone groups is 1. The molecule has 2 aromatic carbocycles. The minimum Gasteiger partial charge on any atom is -0.497 e. The van der Waals surface area contributed by atoms with Crippen LogP contribution in [0.2, 0.25) is 5.02 Å². The predicted molar refractivity (Wildman–Crippen MR) is 82.2 cm³/mol. The first-order chi connectivity index (χ1) is 9.71. The first kappa shape index (κ1) is 14.2. The van der Waals surface area contributed by atoms with Crippen LogP contribution in [0.4, 0.5) is 5.69 Å². The fourth-order valence-corrected chi connectivity index (χ4v) is 1.83. The minimum absolute atomic E-state index is 0.660. The van der Waals surface area contributed by atoms with Gasteiger partial charge in [0.2, 0.25) is 0 Å². The molecule has 0 bridgehead atoms. The molecule has 0 heterocycles. The summed E-state index contributed by atoms with van der Waals surface area (Å²) in [6.45, 7) is 0. The molecule has 5 heteroatoms. The van der Waals surface area contributed by atoms with Gasteiger partial charge >= 0.3 is 0 Å². The molecule has 20 heavy (non-hydrogen) atoms. The Balaban J connectivity index is 2.11. The molecule has 0 spiro atoms. The summed E-state index contributed by atoms with van der Waals surface area (Å²) in [6, 6.07) is 12.9. The molecule has 0 saturated carbocycles. The highest BCUT2D eigenvalue weighted by atomic mass is 35.5. The van der Waals surface area contributed by atoms with Crippen LogP contribution in [0, 0.1) is 0 Å². The van der Waals surface area contributed by atoms with Crippen molar-refractivity contribution in [3.05, 3.63) is 53.1 Å². The summed E-state index contributed by atoms with van der Waals surface area (Å²) in [4.78, 5) is 0. The van der Waals surface area contributed by atoms with E-state index < -0.39 is 0 Å². The van der Waals surface area contributed by atoms with Crippen LogP contribution >= 0.6 is 11.6 Å². The van der Waals surface area contributed by atoms with E-state index in [0.717, 1.165) is 11.3 Å². The normalized spacial score (nSPS) is 10.6. The van der Waals surface area contributed by atoms with Crippen molar-refractivity contribution in [1.82, 2.24) is 0 Å². The van der Waals surface area contributed by atoms with Crippen LogP contribution in [0.15, 0.2) is 47.6 Å². The zero-order valence-electron chi connectivity index (χ0n) is 11.3. The smallest absolute Gasteiger partial charge is 0.123 e. The van der Waals surface area contributed by atoms with E-state index in [0.29, 0.717) is 16.5 Å². The van der Waals surface area contributed by atoms with Gasteiger partial charge in [0.25, 0.3) is 0 Å². The molecule has 2 aromatic rings.